The maximum atomic E-state index is 11.4. The molecule has 1 N–H and O–H groups in total. The van der Waals surface area contributed by atoms with Gasteiger partial charge in [0, 0.05) is 24.4 Å². The van der Waals surface area contributed by atoms with Crippen molar-refractivity contribution in [2.24, 2.45) is 0 Å². The number of carboxylic acid groups (broad SMARTS) is 1. The monoisotopic (exact) mass is 265 g/mol. The SMILES string of the molecule is CCS(=O)(=O)CCN(CCC(=O)O)C(C)(C)C. The number of hydrogen-bond acceptors (Lipinski definition) is 4. The van der Waals surface area contributed by atoms with E-state index in [1.807, 2.05) is 25.7 Å². The van der Waals surface area contributed by atoms with Crippen molar-refractivity contribution in [1.82, 2.24) is 4.90 Å². The lowest BCUT2D eigenvalue weighted by atomic mass is 10.1. The van der Waals surface area contributed by atoms with E-state index in [1.165, 1.54) is 0 Å². The highest BCUT2D eigenvalue weighted by molar-refractivity contribution is 7.91. The Kier molecular flexibility index (Phi) is 6.12. The fourth-order valence-corrected chi connectivity index (χ4v) is 2.19. The van der Waals surface area contributed by atoms with E-state index in [1.54, 1.807) is 6.92 Å². The molecule has 0 aliphatic rings. The van der Waals surface area contributed by atoms with Gasteiger partial charge in [-0.15, -0.1) is 0 Å². The highest BCUT2D eigenvalue weighted by Gasteiger charge is 2.23. The summed E-state index contributed by atoms with van der Waals surface area (Å²) in [5.74, 6) is -0.651. The summed E-state index contributed by atoms with van der Waals surface area (Å²) >= 11 is 0. The summed E-state index contributed by atoms with van der Waals surface area (Å²) < 4.78 is 22.9. The van der Waals surface area contributed by atoms with E-state index in [0.717, 1.165) is 0 Å². The van der Waals surface area contributed by atoms with Gasteiger partial charge in [-0.3, -0.25) is 9.69 Å². The van der Waals surface area contributed by atoms with Gasteiger partial charge in [-0.25, -0.2) is 8.42 Å². The minimum absolute atomic E-state index is 0.0312. The van der Waals surface area contributed by atoms with Crippen molar-refractivity contribution < 1.29 is 18.3 Å². The van der Waals surface area contributed by atoms with Crippen molar-refractivity contribution in [3.05, 3.63) is 0 Å². The molecule has 0 saturated carbocycles. The standard InChI is InChI=1S/C11H23NO4S/c1-5-17(15,16)9-8-12(11(2,3)4)7-6-10(13)14/h5-9H2,1-4H3,(H,13,14). The number of hydrogen-bond donors (Lipinski definition) is 1. The molecule has 0 aromatic rings. The summed E-state index contributed by atoms with van der Waals surface area (Å²) in [5.41, 5.74) is -0.224. The summed E-state index contributed by atoms with van der Waals surface area (Å²) in [4.78, 5) is 12.4. The molecule has 0 unspecified atom stereocenters. The summed E-state index contributed by atoms with van der Waals surface area (Å²) in [6.07, 6.45) is 0.0312. The number of sulfone groups is 1. The minimum atomic E-state index is -3.00. The molecular weight excluding hydrogens is 242 g/mol. The number of rotatable bonds is 7. The minimum Gasteiger partial charge on any atom is -0.481 e. The van der Waals surface area contributed by atoms with Gasteiger partial charge in [0.25, 0.3) is 0 Å². The van der Waals surface area contributed by atoms with E-state index in [4.69, 9.17) is 5.11 Å². The van der Waals surface area contributed by atoms with Gasteiger partial charge >= 0.3 is 5.97 Å². The molecule has 0 spiro atoms. The van der Waals surface area contributed by atoms with Gasteiger partial charge in [0.2, 0.25) is 0 Å². The lowest BCUT2D eigenvalue weighted by Gasteiger charge is -2.35. The first-order chi connectivity index (χ1) is 7.58. The van der Waals surface area contributed by atoms with Crippen LogP contribution in [0.25, 0.3) is 0 Å². The predicted molar refractivity (Wildman–Crippen MR) is 67.9 cm³/mol. The van der Waals surface area contributed by atoms with Gasteiger partial charge in [0.15, 0.2) is 9.84 Å². The normalized spacial score (nSPS) is 13.0. The zero-order valence-corrected chi connectivity index (χ0v) is 11.9. The first-order valence-electron chi connectivity index (χ1n) is 5.76. The van der Waals surface area contributed by atoms with Gasteiger partial charge in [0.1, 0.15) is 0 Å². The highest BCUT2D eigenvalue weighted by atomic mass is 32.2. The van der Waals surface area contributed by atoms with E-state index in [9.17, 15) is 13.2 Å². The molecule has 102 valence electrons. The molecule has 0 rings (SSSR count). The van der Waals surface area contributed by atoms with Crippen LogP contribution in [0.5, 0.6) is 0 Å². The molecule has 0 saturated heterocycles. The van der Waals surface area contributed by atoms with Gasteiger partial charge in [-0.2, -0.15) is 0 Å². The maximum Gasteiger partial charge on any atom is 0.304 e. The van der Waals surface area contributed by atoms with E-state index >= 15 is 0 Å². The summed E-state index contributed by atoms with van der Waals surface area (Å²) in [6, 6.07) is 0. The molecule has 5 nitrogen and oxygen atoms in total. The first-order valence-corrected chi connectivity index (χ1v) is 7.58. The molecule has 0 atom stereocenters. The number of carbonyl (C=O) groups is 1. The Morgan fingerprint density at radius 1 is 1.24 bits per heavy atom. The van der Waals surface area contributed by atoms with Crippen LogP contribution >= 0.6 is 0 Å². The van der Waals surface area contributed by atoms with Crippen molar-refractivity contribution in [3.63, 3.8) is 0 Å². The fourth-order valence-electron chi connectivity index (χ4n) is 1.41. The van der Waals surface area contributed by atoms with Crippen molar-refractivity contribution in [1.29, 1.82) is 0 Å². The molecule has 0 aromatic heterocycles. The Morgan fingerprint density at radius 3 is 2.12 bits per heavy atom. The summed E-state index contributed by atoms with van der Waals surface area (Å²) in [7, 11) is -3.00. The number of carboxylic acids is 1. The average Bonchev–Trinajstić information content (AvgIpc) is 2.15. The van der Waals surface area contributed by atoms with Gasteiger partial charge < -0.3 is 5.11 Å². The largest absolute Gasteiger partial charge is 0.481 e. The third-order valence-electron chi connectivity index (χ3n) is 2.66. The van der Waals surface area contributed by atoms with Crippen LogP contribution in [-0.2, 0) is 14.6 Å². The molecule has 17 heavy (non-hydrogen) atoms. The molecule has 0 aromatic carbocycles. The Labute approximate surface area is 104 Å². The van der Waals surface area contributed by atoms with Crippen molar-refractivity contribution in [3.8, 4) is 0 Å². The van der Waals surface area contributed by atoms with Crippen LogP contribution in [0.2, 0.25) is 0 Å². The van der Waals surface area contributed by atoms with E-state index < -0.39 is 15.8 Å². The van der Waals surface area contributed by atoms with Gasteiger partial charge in [0.05, 0.1) is 12.2 Å². The molecule has 0 fully saturated rings. The Morgan fingerprint density at radius 2 is 1.76 bits per heavy atom. The lowest BCUT2D eigenvalue weighted by Crippen LogP contribution is -2.45. The first kappa shape index (κ1) is 16.4. The average molecular weight is 265 g/mol. The highest BCUT2D eigenvalue weighted by Crippen LogP contribution is 2.13. The Bertz CT molecular complexity index is 343. The van der Waals surface area contributed by atoms with Crippen LogP contribution in [0.3, 0.4) is 0 Å². The van der Waals surface area contributed by atoms with Crippen LogP contribution in [0.15, 0.2) is 0 Å². The van der Waals surface area contributed by atoms with Gasteiger partial charge in [-0.1, -0.05) is 6.92 Å². The van der Waals surface area contributed by atoms with Crippen LogP contribution in [-0.4, -0.2) is 54.5 Å². The summed E-state index contributed by atoms with van der Waals surface area (Å²) in [6.45, 7) is 8.23. The molecule has 0 bridgehead atoms. The molecule has 0 heterocycles. The zero-order chi connectivity index (χ0) is 13.7. The zero-order valence-electron chi connectivity index (χ0n) is 11.1. The number of nitrogens with zero attached hydrogens (tertiary/aromatic N) is 1. The molecule has 6 heteroatoms. The second kappa shape index (κ2) is 6.35. The molecule has 0 amide bonds. The topological polar surface area (TPSA) is 74.7 Å². The van der Waals surface area contributed by atoms with E-state index in [-0.39, 0.29) is 23.5 Å². The van der Waals surface area contributed by atoms with Crippen LogP contribution < -0.4 is 0 Å². The van der Waals surface area contributed by atoms with Crippen molar-refractivity contribution in [2.45, 2.75) is 39.7 Å². The smallest absolute Gasteiger partial charge is 0.304 e. The van der Waals surface area contributed by atoms with Crippen molar-refractivity contribution in [2.75, 3.05) is 24.6 Å². The van der Waals surface area contributed by atoms with Crippen LogP contribution in [0, 0.1) is 0 Å². The van der Waals surface area contributed by atoms with E-state index in [2.05, 4.69) is 0 Å². The molecular formula is C11H23NO4S. The van der Waals surface area contributed by atoms with Gasteiger partial charge in [-0.05, 0) is 20.8 Å². The number of aliphatic carboxylic acids is 1. The van der Waals surface area contributed by atoms with Crippen LogP contribution in [0.1, 0.15) is 34.1 Å². The second-order valence-corrected chi connectivity index (χ2v) is 7.51. The molecule has 0 radical (unpaired) electrons. The fraction of sp³-hybridized carbons (Fsp3) is 0.909. The lowest BCUT2D eigenvalue weighted by molar-refractivity contribution is -0.137. The quantitative estimate of drug-likeness (QED) is 0.743. The second-order valence-electron chi connectivity index (χ2n) is 5.04. The predicted octanol–water partition coefficient (Wildman–Crippen LogP) is 0.996. The molecule has 0 aliphatic carbocycles. The third kappa shape index (κ3) is 7.33. The maximum absolute atomic E-state index is 11.4. The Balaban J connectivity index is 4.46. The summed E-state index contributed by atoms with van der Waals surface area (Å²) in [5, 5.41) is 8.66. The van der Waals surface area contributed by atoms with Crippen LogP contribution in [0.4, 0.5) is 0 Å². The Hall–Kier alpha value is -0.620. The van der Waals surface area contributed by atoms with Crippen molar-refractivity contribution >= 4 is 15.8 Å². The molecule has 0 aliphatic heterocycles. The third-order valence-corrected chi connectivity index (χ3v) is 4.34. The van der Waals surface area contributed by atoms with E-state index in [0.29, 0.717) is 13.1 Å².